The van der Waals surface area contributed by atoms with Crippen LogP contribution >= 0.6 is 0 Å². The van der Waals surface area contributed by atoms with E-state index in [0.29, 0.717) is 5.75 Å². The van der Waals surface area contributed by atoms with Gasteiger partial charge in [-0.2, -0.15) is 4.39 Å². The van der Waals surface area contributed by atoms with Gasteiger partial charge in [0.05, 0.1) is 0 Å². The van der Waals surface area contributed by atoms with Gasteiger partial charge >= 0.3 is 0 Å². The average Bonchev–Trinajstić information content (AvgIpc) is 2.38. The van der Waals surface area contributed by atoms with Gasteiger partial charge in [-0.1, -0.05) is 24.3 Å². The normalized spacial score (nSPS) is 9.83. The van der Waals surface area contributed by atoms with E-state index in [-0.39, 0.29) is 12.4 Å². The van der Waals surface area contributed by atoms with Crippen molar-refractivity contribution in [2.45, 2.75) is 0 Å². The second kappa shape index (κ2) is 5.77. The summed E-state index contributed by atoms with van der Waals surface area (Å²) in [6.45, 7) is -0.151. The molecule has 0 radical (unpaired) electrons. The number of rotatable bonds is 4. The van der Waals surface area contributed by atoms with Crippen LogP contribution in [0.25, 0.3) is 0 Å². The Morgan fingerprint density at radius 1 is 1.17 bits per heavy atom. The smallest absolute Gasteiger partial charge is 0.263 e. The molecule has 0 fully saturated rings. The number of pyridine rings is 1. The van der Waals surface area contributed by atoms with Gasteiger partial charge in [-0.3, -0.25) is 4.79 Å². The molecule has 0 saturated carbocycles. The highest BCUT2D eigenvalue weighted by atomic mass is 19.1. The number of ether oxygens (including phenoxy) is 1. The number of aromatic nitrogens is 1. The summed E-state index contributed by atoms with van der Waals surface area (Å²) >= 11 is 0. The van der Waals surface area contributed by atoms with Crippen LogP contribution in [0, 0.1) is 5.95 Å². The van der Waals surface area contributed by atoms with Crippen LogP contribution in [0.3, 0.4) is 0 Å². The van der Waals surface area contributed by atoms with E-state index in [9.17, 15) is 9.18 Å². The van der Waals surface area contributed by atoms with Crippen LogP contribution in [0.5, 0.6) is 5.75 Å². The van der Waals surface area contributed by atoms with Crippen LogP contribution < -0.4 is 10.1 Å². The molecule has 2 rings (SSSR count). The van der Waals surface area contributed by atoms with Crippen molar-refractivity contribution >= 4 is 11.7 Å². The SMILES string of the molecule is O=C(COc1ccccc1)Nc1cccc(F)n1. The molecule has 1 amide bonds. The number of hydrogen-bond acceptors (Lipinski definition) is 3. The van der Waals surface area contributed by atoms with Crippen molar-refractivity contribution in [1.82, 2.24) is 4.98 Å². The van der Waals surface area contributed by atoms with Crippen molar-refractivity contribution < 1.29 is 13.9 Å². The Kier molecular flexibility index (Phi) is 3.86. The Labute approximate surface area is 103 Å². The molecule has 0 aliphatic carbocycles. The first kappa shape index (κ1) is 12.0. The third-order valence-electron chi connectivity index (χ3n) is 2.10. The Morgan fingerprint density at radius 3 is 2.67 bits per heavy atom. The number of nitrogens with zero attached hydrogens (tertiary/aromatic N) is 1. The molecule has 1 aromatic carbocycles. The zero-order valence-corrected chi connectivity index (χ0v) is 9.47. The molecule has 5 heteroatoms. The summed E-state index contributed by atoms with van der Waals surface area (Å²) in [5.41, 5.74) is 0. The molecule has 0 aliphatic heterocycles. The number of benzene rings is 1. The molecule has 0 spiro atoms. The Hall–Kier alpha value is -2.43. The molecule has 4 nitrogen and oxygen atoms in total. The molecule has 92 valence electrons. The van der Waals surface area contributed by atoms with Crippen LogP contribution in [-0.4, -0.2) is 17.5 Å². The lowest BCUT2D eigenvalue weighted by molar-refractivity contribution is -0.118. The predicted molar refractivity (Wildman–Crippen MR) is 64.8 cm³/mol. The minimum Gasteiger partial charge on any atom is -0.484 e. The molecule has 1 N–H and O–H groups in total. The summed E-state index contributed by atoms with van der Waals surface area (Å²) in [7, 11) is 0. The van der Waals surface area contributed by atoms with Crippen LogP contribution in [-0.2, 0) is 4.79 Å². The summed E-state index contributed by atoms with van der Waals surface area (Å²) in [6, 6.07) is 13.1. The summed E-state index contributed by atoms with van der Waals surface area (Å²) in [6.07, 6.45) is 0. The van der Waals surface area contributed by atoms with E-state index in [0.717, 1.165) is 0 Å². The fourth-order valence-corrected chi connectivity index (χ4v) is 1.32. The maximum atomic E-state index is 12.8. The van der Waals surface area contributed by atoms with E-state index in [1.807, 2.05) is 6.07 Å². The number of halogens is 1. The molecule has 18 heavy (non-hydrogen) atoms. The zero-order chi connectivity index (χ0) is 12.8. The van der Waals surface area contributed by atoms with Gasteiger partial charge < -0.3 is 10.1 Å². The number of carbonyl (C=O) groups excluding carboxylic acids is 1. The molecule has 0 saturated heterocycles. The second-order valence-electron chi connectivity index (χ2n) is 3.50. The van der Waals surface area contributed by atoms with E-state index < -0.39 is 11.9 Å². The van der Waals surface area contributed by atoms with Crippen molar-refractivity contribution in [1.29, 1.82) is 0 Å². The van der Waals surface area contributed by atoms with Crippen LogP contribution in [0.4, 0.5) is 10.2 Å². The van der Waals surface area contributed by atoms with Crippen LogP contribution in [0.15, 0.2) is 48.5 Å². The molecule has 0 bridgehead atoms. The van der Waals surface area contributed by atoms with Crippen molar-refractivity contribution in [2.75, 3.05) is 11.9 Å². The number of para-hydroxylation sites is 1. The first-order chi connectivity index (χ1) is 8.74. The van der Waals surface area contributed by atoms with E-state index in [1.165, 1.54) is 18.2 Å². The Morgan fingerprint density at radius 2 is 1.94 bits per heavy atom. The molecule has 0 atom stereocenters. The highest BCUT2D eigenvalue weighted by Gasteiger charge is 2.04. The second-order valence-corrected chi connectivity index (χ2v) is 3.50. The fourth-order valence-electron chi connectivity index (χ4n) is 1.32. The highest BCUT2D eigenvalue weighted by molar-refractivity contribution is 5.90. The fraction of sp³-hybridized carbons (Fsp3) is 0.0769. The third-order valence-corrected chi connectivity index (χ3v) is 2.10. The maximum absolute atomic E-state index is 12.8. The summed E-state index contributed by atoms with van der Waals surface area (Å²) in [4.78, 5) is 15.0. The first-order valence-electron chi connectivity index (χ1n) is 5.34. The summed E-state index contributed by atoms with van der Waals surface area (Å²) < 4.78 is 18.0. The standard InChI is InChI=1S/C13H11FN2O2/c14-11-7-4-8-12(15-11)16-13(17)9-18-10-5-2-1-3-6-10/h1-8H,9H2,(H,15,16,17). The van der Waals surface area contributed by atoms with Crippen LogP contribution in [0.1, 0.15) is 0 Å². The van der Waals surface area contributed by atoms with Gasteiger partial charge in [0, 0.05) is 0 Å². The van der Waals surface area contributed by atoms with Crippen molar-refractivity contribution in [3.63, 3.8) is 0 Å². The maximum Gasteiger partial charge on any atom is 0.263 e. The minimum absolute atomic E-state index is 0.151. The van der Waals surface area contributed by atoms with E-state index >= 15 is 0 Å². The number of carbonyl (C=O) groups is 1. The Balaban J connectivity index is 1.86. The highest BCUT2D eigenvalue weighted by Crippen LogP contribution is 2.08. The molecular formula is C13H11FN2O2. The van der Waals surface area contributed by atoms with Crippen LogP contribution in [0.2, 0.25) is 0 Å². The molecule has 0 aliphatic rings. The van der Waals surface area contributed by atoms with E-state index in [2.05, 4.69) is 10.3 Å². The summed E-state index contributed by atoms with van der Waals surface area (Å²) in [5.74, 6) is -0.273. The zero-order valence-electron chi connectivity index (χ0n) is 9.47. The van der Waals surface area contributed by atoms with Crippen molar-refractivity contribution in [2.24, 2.45) is 0 Å². The largest absolute Gasteiger partial charge is 0.484 e. The van der Waals surface area contributed by atoms with Gasteiger partial charge in [0.15, 0.2) is 6.61 Å². The van der Waals surface area contributed by atoms with Crippen molar-refractivity contribution in [3.8, 4) is 5.75 Å². The van der Waals surface area contributed by atoms with Gasteiger partial charge in [-0.15, -0.1) is 0 Å². The number of hydrogen-bond donors (Lipinski definition) is 1. The number of anilines is 1. The van der Waals surface area contributed by atoms with Gasteiger partial charge in [0.25, 0.3) is 5.91 Å². The Bertz CT molecular complexity index is 532. The average molecular weight is 246 g/mol. The number of amides is 1. The van der Waals surface area contributed by atoms with Gasteiger partial charge in [-0.25, -0.2) is 4.98 Å². The minimum atomic E-state index is -0.642. The quantitative estimate of drug-likeness (QED) is 0.842. The molecule has 2 aromatic rings. The topological polar surface area (TPSA) is 51.2 Å². The lowest BCUT2D eigenvalue weighted by Gasteiger charge is -2.06. The molecule has 0 unspecified atom stereocenters. The molecular weight excluding hydrogens is 235 g/mol. The monoisotopic (exact) mass is 246 g/mol. The molecule has 1 aromatic heterocycles. The first-order valence-corrected chi connectivity index (χ1v) is 5.34. The van der Waals surface area contributed by atoms with Crippen molar-refractivity contribution in [3.05, 3.63) is 54.5 Å². The van der Waals surface area contributed by atoms with Gasteiger partial charge in [-0.05, 0) is 24.3 Å². The van der Waals surface area contributed by atoms with E-state index in [4.69, 9.17) is 4.74 Å². The lowest BCUT2D eigenvalue weighted by Crippen LogP contribution is -2.20. The predicted octanol–water partition coefficient (Wildman–Crippen LogP) is 2.24. The number of nitrogens with one attached hydrogen (secondary N) is 1. The van der Waals surface area contributed by atoms with E-state index in [1.54, 1.807) is 24.3 Å². The third kappa shape index (κ3) is 3.55. The van der Waals surface area contributed by atoms with Gasteiger partial charge in [0.1, 0.15) is 11.6 Å². The van der Waals surface area contributed by atoms with Gasteiger partial charge in [0.2, 0.25) is 5.95 Å². The molecule has 1 heterocycles. The lowest BCUT2D eigenvalue weighted by atomic mass is 10.3. The summed E-state index contributed by atoms with van der Waals surface area (Å²) in [5, 5.41) is 2.44.